The van der Waals surface area contributed by atoms with Crippen molar-refractivity contribution in [2.75, 3.05) is 16.8 Å². The Kier molecular flexibility index (Phi) is 9.80. The van der Waals surface area contributed by atoms with E-state index in [1.54, 1.807) is 0 Å². The molecule has 0 saturated carbocycles. The van der Waals surface area contributed by atoms with E-state index in [0.29, 0.717) is 12.5 Å². The molecule has 0 amide bonds. The second kappa shape index (κ2) is 12.3. The van der Waals surface area contributed by atoms with Gasteiger partial charge in [-0.15, -0.1) is 12.4 Å². The largest absolute Gasteiger partial charge is 0.494 e. The maximum Gasteiger partial charge on any atom is 0.200 e. The van der Waals surface area contributed by atoms with Crippen LogP contribution in [0.5, 0.6) is 5.75 Å². The third-order valence-corrected chi connectivity index (χ3v) is 5.38. The first-order valence-corrected chi connectivity index (χ1v) is 11.4. The molecule has 0 spiro atoms. The predicted molar refractivity (Wildman–Crippen MR) is 143 cm³/mol. The number of para-hydroxylation sites is 1. The van der Waals surface area contributed by atoms with Gasteiger partial charge in [0.1, 0.15) is 5.75 Å². The minimum Gasteiger partial charge on any atom is -0.494 e. The van der Waals surface area contributed by atoms with Gasteiger partial charge in [0, 0.05) is 11.4 Å². The summed E-state index contributed by atoms with van der Waals surface area (Å²) < 4.78 is 5.81. The zero-order chi connectivity index (χ0) is 23.0. The Bertz CT molecular complexity index is 980. The van der Waals surface area contributed by atoms with Crippen molar-refractivity contribution in [2.45, 2.75) is 52.5 Å². The molecule has 3 rings (SSSR count). The molecule has 0 aromatic heterocycles. The van der Waals surface area contributed by atoms with Crippen LogP contribution < -0.4 is 15.0 Å². The van der Waals surface area contributed by atoms with Gasteiger partial charge in [0.15, 0.2) is 5.96 Å². The third-order valence-electron chi connectivity index (χ3n) is 5.38. The average Bonchev–Trinajstić information content (AvgIpc) is 2.78. The number of rotatable bonds is 8. The Labute approximate surface area is 204 Å². The van der Waals surface area contributed by atoms with Crippen LogP contribution in [0.3, 0.4) is 0 Å². The quantitative estimate of drug-likeness (QED) is 0.204. The summed E-state index contributed by atoms with van der Waals surface area (Å²) in [4.78, 5) is 1.98. The van der Waals surface area contributed by atoms with Crippen LogP contribution in [0.15, 0.2) is 78.9 Å². The van der Waals surface area contributed by atoms with E-state index in [4.69, 9.17) is 10.1 Å². The lowest BCUT2D eigenvalue weighted by Crippen LogP contribution is -2.35. The van der Waals surface area contributed by atoms with E-state index in [0.717, 1.165) is 42.1 Å². The summed E-state index contributed by atoms with van der Waals surface area (Å²) in [6.45, 7) is 10.1. The predicted octanol–water partition coefficient (Wildman–Crippen LogP) is 7.64. The average molecular weight is 466 g/mol. The lowest BCUT2D eigenvalue weighted by Gasteiger charge is -2.27. The Morgan fingerprint density at radius 3 is 2.12 bits per heavy atom. The van der Waals surface area contributed by atoms with E-state index >= 15 is 0 Å². The Morgan fingerprint density at radius 1 is 0.909 bits per heavy atom. The van der Waals surface area contributed by atoms with Crippen molar-refractivity contribution in [1.82, 2.24) is 0 Å². The number of halogens is 1. The van der Waals surface area contributed by atoms with Crippen molar-refractivity contribution in [2.24, 2.45) is 0 Å². The van der Waals surface area contributed by atoms with Gasteiger partial charge in [0.25, 0.3) is 0 Å². The summed E-state index contributed by atoms with van der Waals surface area (Å²) in [7, 11) is 0. The van der Waals surface area contributed by atoms with Crippen LogP contribution in [0.4, 0.5) is 11.4 Å². The monoisotopic (exact) mass is 465 g/mol. The molecule has 0 unspecified atom stereocenters. The smallest absolute Gasteiger partial charge is 0.200 e. The molecular weight excluding hydrogens is 430 g/mol. The van der Waals surface area contributed by atoms with E-state index in [-0.39, 0.29) is 17.8 Å². The number of guanidine groups is 1. The Morgan fingerprint density at radius 2 is 1.55 bits per heavy atom. The molecule has 3 aromatic rings. The maximum absolute atomic E-state index is 8.78. The molecule has 0 aliphatic carbocycles. The molecular formula is C28H36ClN3O. The molecule has 0 aliphatic heterocycles. The lowest BCUT2D eigenvalue weighted by atomic mass is 9.87. The molecule has 4 nitrogen and oxygen atoms in total. The number of nitrogens with zero attached hydrogens (tertiary/aromatic N) is 1. The van der Waals surface area contributed by atoms with Crippen LogP contribution in [0.25, 0.3) is 0 Å². The molecule has 0 fully saturated rings. The van der Waals surface area contributed by atoms with Crippen LogP contribution in [-0.2, 0) is 12.0 Å². The first-order chi connectivity index (χ1) is 15.4. The standard InChI is InChI=1S/C28H35N3O.ClH/c1-5-6-20-32-26-18-16-25(17-19-26)31(27(29)30-24-10-8-7-9-11-24)21-22-12-14-23(15-13-22)28(2,3)4;/h7-19H,5-6,20-21H2,1-4H3,(H2,29,30);1H. The summed E-state index contributed by atoms with van der Waals surface area (Å²) >= 11 is 0. The number of benzene rings is 3. The van der Waals surface area contributed by atoms with E-state index in [1.165, 1.54) is 5.56 Å². The van der Waals surface area contributed by atoms with Crippen molar-refractivity contribution in [3.8, 4) is 5.75 Å². The van der Waals surface area contributed by atoms with Gasteiger partial charge in [-0.3, -0.25) is 5.41 Å². The molecule has 0 bridgehead atoms. The van der Waals surface area contributed by atoms with Crippen molar-refractivity contribution in [1.29, 1.82) is 5.41 Å². The fourth-order valence-electron chi connectivity index (χ4n) is 3.37. The minimum atomic E-state index is 0. The fourth-order valence-corrected chi connectivity index (χ4v) is 3.37. The lowest BCUT2D eigenvalue weighted by molar-refractivity contribution is 0.309. The zero-order valence-corrected chi connectivity index (χ0v) is 20.9. The molecule has 0 aliphatic rings. The van der Waals surface area contributed by atoms with Gasteiger partial charge in [-0.1, -0.05) is 76.6 Å². The summed E-state index contributed by atoms with van der Waals surface area (Å²) in [5, 5.41) is 12.0. The summed E-state index contributed by atoms with van der Waals surface area (Å²) in [6, 6.07) is 26.5. The molecule has 0 heterocycles. The highest BCUT2D eigenvalue weighted by Crippen LogP contribution is 2.25. The van der Waals surface area contributed by atoms with Crippen LogP contribution >= 0.6 is 12.4 Å². The first kappa shape index (κ1) is 26.3. The van der Waals surface area contributed by atoms with E-state index in [9.17, 15) is 0 Å². The molecule has 5 heteroatoms. The highest BCUT2D eigenvalue weighted by Gasteiger charge is 2.16. The van der Waals surface area contributed by atoms with Gasteiger partial charge >= 0.3 is 0 Å². The van der Waals surface area contributed by atoms with Gasteiger partial charge in [-0.2, -0.15) is 0 Å². The van der Waals surface area contributed by atoms with Crippen LogP contribution in [0.2, 0.25) is 0 Å². The van der Waals surface area contributed by atoms with Crippen LogP contribution in [0, 0.1) is 5.41 Å². The second-order valence-corrected chi connectivity index (χ2v) is 9.07. The van der Waals surface area contributed by atoms with E-state index < -0.39 is 0 Å². The van der Waals surface area contributed by atoms with Crippen molar-refractivity contribution < 1.29 is 4.74 Å². The summed E-state index contributed by atoms with van der Waals surface area (Å²) in [5.74, 6) is 1.19. The van der Waals surface area contributed by atoms with Gasteiger partial charge in [-0.05, 0) is 59.4 Å². The van der Waals surface area contributed by atoms with Crippen molar-refractivity contribution >= 4 is 29.7 Å². The van der Waals surface area contributed by atoms with E-state index in [2.05, 4.69) is 57.3 Å². The number of hydrogen-bond donors (Lipinski definition) is 2. The van der Waals surface area contributed by atoms with Gasteiger partial charge < -0.3 is 15.0 Å². The molecule has 2 N–H and O–H groups in total. The van der Waals surface area contributed by atoms with Gasteiger partial charge in [0.05, 0.1) is 13.2 Å². The normalized spacial score (nSPS) is 10.8. The number of nitrogens with one attached hydrogen (secondary N) is 2. The highest BCUT2D eigenvalue weighted by molar-refractivity contribution is 6.03. The van der Waals surface area contributed by atoms with Gasteiger partial charge in [-0.25, -0.2) is 0 Å². The second-order valence-electron chi connectivity index (χ2n) is 9.07. The Balaban J connectivity index is 0.00000385. The number of anilines is 2. The SMILES string of the molecule is CCCCOc1ccc(N(Cc2ccc(C(C)(C)C)cc2)C(=N)Nc2ccccc2)cc1.Cl. The molecule has 3 aromatic carbocycles. The number of hydrogen-bond acceptors (Lipinski definition) is 2. The van der Waals surface area contributed by atoms with Crippen LogP contribution in [0.1, 0.15) is 51.7 Å². The van der Waals surface area contributed by atoms with Crippen molar-refractivity contribution in [3.05, 3.63) is 90.0 Å². The first-order valence-electron chi connectivity index (χ1n) is 11.4. The molecule has 0 saturated heterocycles. The highest BCUT2D eigenvalue weighted by atomic mass is 35.5. The van der Waals surface area contributed by atoms with Gasteiger partial charge in [0.2, 0.25) is 0 Å². The number of ether oxygens (including phenoxy) is 1. The summed E-state index contributed by atoms with van der Waals surface area (Å²) in [5.41, 5.74) is 4.42. The topological polar surface area (TPSA) is 48.4 Å². The Hall–Kier alpha value is -2.98. The molecule has 33 heavy (non-hydrogen) atoms. The maximum atomic E-state index is 8.78. The third kappa shape index (κ3) is 7.83. The van der Waals surface area contributed by atoms with Crippen molar-refractivity contribution in [3.63, 3.8) is 0 Å². The summed E-state index contributed by atoms with van der Waals surface area (Å²) in [6.07, 6.45) is 2.16. The molecule has 0 radical (unpaired) electrons. The minimum absolute atomic E-state index is 0. The zero-order valence-electron chi connectivity index (χ0n) is 20.1. The van der Waals surface area contributed by atoms with E-state index in [1.807, 2.05) is 59.5 Å². The number of unbranched alkanes of at least 4 members (excludes halogenated alkanes) is 1. The van der Waals surface area contributed by atoms with Crippen LogP contribution in [-0.4, -0.2) is 12.6 Å². The molecule has 176 valence electrons. The molecule has 0 atom stereocenters. The fraction of sp³-hybridized carbons (Fsp3) is 0.321.